The number of nitrogens with one attached hydrogen (secondary N) is 3. The van der Waals surface area contributed by atoms with Gasteiger partial charge in [-0.15, -0.1) is 0 Å². The summed E-state index contributed by atoms with van der Waals surface area (Å²) in [4.78, 5) is 12.8. The summed E-state index contributed by atoms with van der Waals surface area (Å²) in [5, 5.41) is 14.6. The Kier molecular flexibility index (Phi) is 6.25. The smallest absolute Gasteiger partial charge is 0.238 e. The van der Waals surface area contributed by atoms with Gasteiger partial charge in [-0.05, 0) is 73.7 Å². The first-order chi connectivity index (χ1) is 13.5. The number of benzene rings is 1. The lowest BCUT2D eigenvalue weighted by Crippen LogP contribution is -2.59. The molecule has 0 aromatic heterocycles. The van der Waals surface area contributed by atoms with Crippen LogP contribution >= 0.6 is 12.2 Å². The minimum absolute atomic E-state index is 0.0381. The van der Waals surface area contributed by atoms with Crippen LogP contribution in [0.25, 0.3) is 0 Å². The van der Waals surface area contributed by atoms with E-state index in [1.54, 1.807) is 0 Å². The average Bonchev–Trinajstić information content (AvgIpc) is 2.63. The predicted molar refractivity (Wildman–Crippen MR) is 121 cm³/mol. The van der Waals surface area contributed by atoms with E-state index in [2.05, 4.69) is 36.9 Å². The fraction of sp³-hybridized carbons (Fsp3) is 0.652. The van der Waals surface area contributed by atoms with Crippen LogP contribution in [0.1, 0.15) is 66.2 Å². The number of carbonyl (C=O) groups excluding carboxylic acids is 1. The van der Waals surface area contributed by atoms with Gasteiger partial charge in [0.15, 0.2) is 5.11 Å². The monoisotopic (exact) mass is 417 g/mol. The Bertz CT molecular complexity index is 750. The molecule has 0 radical (unpaired) electrons. The number of fused-ring (bicyclic) bond motifs is 1. The zero-order chi connectivity index (χ0) is 21.3. The van der Waals surface area contributed by atoms with Gasteiger partial charge in [-0.2, -0.15) is 0 Å². The van der Waals surface area contributed by atoms with Gasteiger partial charge >= 0.3 is 0 Å². The molecule has 1 amide bonds. The number of hydrogen-bond acceptors (Lipinski definition) is 3. The minimum Gasteiger partial charge on any atom is -0.390 e. The van der Waals surface area contributed by atoms with Gasteiger partial charge < -0.3 is 10.4 Å². The molecule has 0 spiro atoms. The lowest BCUT2D eigenvalue weighted by molar-refractivity contribution is -0.173. The summed E-state index contributed by atoms with van der Waals surface area (Å²) in [6.45, 7) is 8.89. The lowest BCUT2D eigenvalue weighted by atomic mass is 9.45. The van der Waals surface area contributed by atoms with Crippen LogP contribution in [-0.4, -0.2) is 21.7 Å². The third-order valence-corrected chi connectivity index (χ3v) is 7.70. The van der Waals surface area contributed by atoms with Gasteiger partial charge in [-0.25, -0.2) is 0 Å². The molecule has 160 valence electrons. The van der Waals surface area contributed by atoms with Crippen molar-refractivity contribution in [1.82, 2.24) is 10.9 Å². The van der Waals surface area contributed by atoms with Crippen molar-refractivity contribution in [3.63, 3.8) is 0 Å². The number of hydrogen-bond donors (Lipinski definition) is 4. The first-order valence-corrected chi connectivity index (χ1v) is 11.1. The number of hydrazine groups is 1. The zero-order valence-corrected chi connectivity index (χ0v) is 18.9. The van der Waals surface area contributed by atoms with Crippen LogP contribution in [0.2, 0.25) is 0 Å². The Morgan fingerprint density at radius 3 is 2.48 bits per heavy atom. The molecule has 4 atom stereocenters. The molecule has 0 unspecified atom stereocenters. The van der Waals surface area contributed by atoms with Crippen LogP contribution in [0.4, 0.5) is 5.69 Å². The molecule has 3 rings (SSSR count). The molecular formula is C23H35N3O2S. The predicted octanol–water partition coefficient (Wildman–Crippen LogP) is 4.39. The molecule has 2 fully saturated rings. The maximum Gasteiger partial charge on any atom is 0.238 e. The molecule has 4 N–H and O–H groups in total. The molecule has 2 aliphatic carbocycles. The Balaban J connectivity index is 1.63. The van der Waals surface area contributed by atoms with Gasteiger partial charge in [0.25, 0.3) is 0 Å². The summed E-state index contributed by atoms with van der Waals surface area (Å²) in [6, 6.07) is 9.57. The van der Waals surface area contributed by atoms with E-state index < -0.39 is 5.60 Å². The highest BCUT2D eigenvalue weighted by molar-refractivity contribution is 7.80. The van der Waals surface area contributed by atoms with Crippen molar-refractivity contribution in [2.45, 2.75) is 71.8 Å². The number of aliphatic hydroxyl groups is 1. The van der Waals surface area contributed by atoms with Gasteiger partial charge in [0.1, 0.15) is 0 Å². The molecule has 1 aromatic carbocycles. The van der Waals surface area contributed by atoms with Gasteiger partial charge in [-0.3, -0.25) is 15.6 Å². The molecule has 0 bridgehead atoms. The van der Waals surface area contributed by atoms with Crippen molar-refractivity contribution in [1.29, 1.82) is 0 Å². The van der Waals surface area contributed by atoms with Crippen molar-refractivity contribution < 1.29 is 9.90 Å². The fourth-order valence-electron chi connectivity index (χ4n) is 6.12. The van der Waals surface area contributed by atoms with Crippen LogP contribution in [0.5, 0.6) is 0 Å². The van der Waals surface area contributed by atoms with Crippen LogP contribution in [0.3, 0.4) is 0 Å². The van der Waals surface area contributed by atoms with E-state index in [9.17, 15) is 9.90 Å². The Morgan fingerprint density at radius 1 is 1.10 bits per heavy atom. The highest BCUT2D eigenvalue weighted by atomic mass is 32.1. The van der Waals surface area contributed by atoms with E-state index in [1.165, 1.54) is 6.42 Å². The SMILES string of the molecule is CC1(C)CCC[C@@]2(C)[C@@H](CC(=O)NNC(=S)Nc3ccccc3)[C@](C)(O)CC[C@@H]12. The molecule has 29 heavy (non-hydrogen) atoms. The third kappa shape index (κ3) is 4.75. The number of rotatable bonds is 3. The molecule has 0 saturated heterocycles. The molecule has 2 aliphatic rings. The molecule has 2 saturated carbocycles. The minimum atomic E-state index is -0.835. The van der Waals surface area contributed by atoms with Gasteiger partial charge in [-0.1, -0.05) is 45.4 Å². The maximum atomic E-state index is 12.8. The van der Waals surface area contributed by atoms with Crippen LogP contribution in [0.15, 0.2) is 30.3 Å². The highest BCUT2D eigenvalue weighted by Gasteiger charge is 2.58. The second-order valence-electron chi connectivity index (χ2n) is 10.0. The average molecular weight is 418 g/mol. The van der Waals surface area contributed by atoms with Crippen molar-refractivity contribution in [2.24, 2.45) is 22.7 Å². The van der Waals surface area contributed by atoms with Crippen molar-refractivity contribution in [3.05, 3.63) is 30.3 Å². The van der Waals surface area contributed by atoms with E-state index in [4.69, 9.17) is 12.2 Å². The van der Waals surface area contributed by atoms with Crippen molar-refractivity contribution in [2.75, 3.05) is 5.32 Å². The summed E-state index contributed by atoms with van der Waals surface area (Å²) < 4.78 is 0. The van der Waals surface area contributed by atoms with Crippen LogP contribution in [-0.2, 0) is 4.79 Å². The number of para-hydroxylation sites is 1. The van der Waals surface area contributed by atoms with E-state index in [1.807, 2.05) is 37.3 Å². The molecule has 5 nitrogen and oxygen atoms in total. The van der Waals surface area contributed by atoms with Crippen LogP contribution < -0.4 is 16.2 Å². The summed E-state index contributed by atoms with van der Waals surface area (Å²) >= 11 is 5.26. The number of amides is 1. The highest BCUT2D eigenvalue weighted by Crippen LogP contribution is 2.62. The molecular weight excluding hydrogens is 382 g/mol. The molecule has 0 aliphatic heterocycles. The van der Waals surface area contributed by atoms with Crippen molar-refractivity contribution >= 4 is 28.9 Å². The Morgan fingerprint density at radius 2 is 1.79 bits per heavy atom. The topological polar surface area (TPSA) is 73.4 Å². The zero-order valence-electron chi connectivity index (χ0n) is 18.0. The maximum absolute atomic E-state index is 12.8. The summed E-state index contributed by atoms with van der Waals surface area (Å²) in [5.74, 6) is 0.305. The van der Waals surface area contributed by atoms with E-state index in [0.29, 0.717) is 11.0 Å². The standard InChI is InChI=1S/C23H35N3O2S/c1-21(2)12-8-13-22(3)17(21)11-14-23(4,28)18(22)15-19(27)25-26-20(29)24-16-9-6-5-7-10-16/h5-7,9-10,17-18,28H,8,11-15H2,1-4H3,(H,25,27)(H2,24,26,29)/t17-,18+,22+,23+/m0/s1. The molecule has 1 aromatic rings. The second kappa shape index (κ2) is 8.23. The summed E-state index contributed by atoms with van der Waals surface area (Å²) in [7, 11) is 0. The lowest BCUT2D eigenvalue weighted by Gasteiger charge is -2.61. The largest absolute Gasteiger partial charge is 0.390 e. The normalized spacial score (nSPS) is 33.3. The number of thiocarbonyl (C=S) groups is 1. The van der Waals surface area contributed by atoms with Gasteiger partial charge in [0.05, 0.1) is 5.60 Å². The molecule has 6 heteroatoms. The van der Waals surface area contributed by atoms with Crippen molar-refractivity contribution in [3.8, 4) is 0 Å². The fourth-order valence-corrected chi connectivity index (χ4v) is 6.29. The Hall–Kier alpha value is -1.66. The number of anilines is 1. The first-order valence-electron chi connectivity index (χ1n) is 10.7. The van der Waals surface area contributed by atoms with Gasteiger partial charge in [0.2, 0.25) is 5.91 Å². The van der Waals surface area contributed by atoms with Gasteiger partial charge in [0, 0.05) is 18.0 Å². The van der Waals surface area contributed by atoms with E-state index in [-0.39, 0.29) is 29.1 Å². The summed E-state index contributed by atoms with van der Waals surface area (Å²) in [5.41, 5.74) is 5.74. The van der Waals surface area contributed by atoms with E-state index >= 15 is 0 Å². The third-order valence-electron chi connectivity index (χ3n) is 7.50. The second-order valence-corrected chi connectivity index (χ2v) is 10.5. The number of carbonyl (C=O) groups is 1. The first kappa shape index (κ1) is 22.0. The van der Waals surface area contributed by atoms with Crippen LogP contribution in [0, 0.1) is 22.7 Å². The quantitative estimate of drug-likeness (QED) is 0.434. The Labute approximate surface area is 180 Å². The van der Waals surface area contributed by atoms with E-state index in [0.717, 1.165) is 31.4 Å². The molecule has 0 heterocycles. The summed E-state index contributed by atoms with van der Waals surface area (Å²) in [6.07, 6.45) is 5.49.